The van der Waals surface area contributed by atoms with Gasteiger partial charge in [-0.15, -0.1) is 0 Å². The first-order valence-electron chi connectivity index (χ1n) is 8.53. The minimum absolute atomic E-state index is 0.0768. The molecule has 6 nitrogen and oxygen atoms in total. The third kappa shape index (κ3) is 4.30. The van der Waals surface area contributed by atoms with Crippen LogP contribution in [0.15, 0.2) is 46.4 Å². The van der Waals surface area contributed by atoms with Gasteiger partial charge in [0.15, 0.2) is 16.6 Å². The fraction of sp³-hybridized carbons (Fsp3) is 0.150. The molecule has 0 aromatic heterocycles. The molecule has 0 saturated carbocycles. The van der Waals surface area contributed by atoms with Gasteiger partial charge in [-0.2, -0.15) is 0 Å². The van der Waals surface area contributed by atoms with Gasteiger partial charge in [0.25, 0.3) is 11.8 Å². The number of amides is 2. The molecule has 1 fully saturated rings. The highest BCUT2D eigenvalue weighted by Gasteiger charge is 2.34. The van der Waals surface area contributed by atoms with Crippen LogP contribution in [-0.4, -0.2) is 30.6 Å². The monoisotopic (exact) mass is 478 g/mol. The summed E-state index contributed by atoms with van der Waals surface area (Å²) >= 11 is 8.55. The lowest BCUT2D eigenvalue weighted by molar-refractivity contribution is -0.122. The molecule has 9 heteroatoms. The predicted molar refractivity (Wildman–Crippen MR) is 114 cm³/mol. The SMILES string of the molecule is CCOc1cc(Br)c(/C=C2/C(=O)NC(=S)N(c3ccc(F)cc3)C2=O)cc1OC. The fourth-order valence-electron chi connectivity index (χ4n) is 2.73. The van der Waals surface area contributed by atoms with E-state index in [2.05, 4.69) is 21.2 Å². The second-order valence-corrected chi connectivity index (χ2v) is 7.13. The minimum Gasteiger partial charge on any atom is -0.493 e. The van der Waals surface area contributed by atoms with Crippen molar-refractivity contribution in [3.8, 4) is 11.5 Å². The molecule has 2 aromatic rings. The molecule has 1 saturated heterocycles. The number of methoxy groups -OCH3 is 1. The van der Waals surface area contributed by atoms with Crippen molar-refractivity contribution in [3.05, 3.63) is 57.8 Å². The number of hydrogen-bond donors (Lipinski definition) is 1. The predicted octanol–water partition coefficient (Wildman–Crippen LogP) is 3.83. The van der Waals surface area contributed by atoms with Crippen LogP contribution in [-0.2, 0) is 9.59 Å². The van der Waals surface area contributed by atoms with Crippen LogP contribution < -0.4 is 19.7 Å². The molecule has 29 heavy (non-hydrogen) atoms. The Labute approximate surface area is 180 Å². The first kappa shape index (κ1) is 20.9. The zero-order valence-electron chi connectivity index (χ0n) is 15.5. The quantitative estimate of drug-likeness (QED) is 0.401. The van der Waals surface area contributed by atoms with Crippen molar-refractivity contribution in [2.45, 2.75) is 6.92 Å². The summed E-state index contributed by atoms with van der Waals surface area (Å²) < 4.78 is 24.7. The first-order valence-corrected chi connectivity index (χ1v) is 9.73. The summed E-state index contributed by atoms with van der Waals surface area (Å²) in [6.07, 6.45) is 1.43. The van der Waals surface area contributed by atoms with Crippen LogP contribution in [0.2, 0.25) is 0 Å². The Morgan fingerprint density at radius 1 is 1.21 bits per heavy atom. The van der Waals surface area contributed by atoms with Gasteiger partial charge in [-0.25, -0.2) is 4.39 Å². The maximum Gasteiger partial charge on any atom is 0.270 e. The second-order valence-electron chi connectivity index (χ2n) is 5.89. The van der Waals surface area contributed by atoms with Crippen LogP contribution in [0, 0.1) is 5.82 Å². The van der Waals surface area contributed by atoms with E-state index in [1.165, 1.54) is 37.5 Å². The topological polar surface area (TPSA) is 67.9 Å². The lowest BCUT2D eigenvalue weighted by Crippen LogP contribution is -2.54. The maximum atomic E-state index is 13.2. The zero-order chi connectivity index (χ0) is 21.1. The van der Waals surface area contributed by atoms with Gasteiger partial charge in [0.1, 0.15) is 11.4 Å². The van der Waals surface area contributed by atoms with Crippen molar-refractivity contribution < 1.29 is 23.5 Å². The van der Waals surface area contributed by atoms with Crippen molar-refractivity contribution in [1.82, 2.24) is 5.32 Å². The van der Waals surface area contributed by atoms with Gasteiger partial charge in [-0.3, -0.25) is 19.8 Å². The highest BCUT2D eigenvalue weighted by atomic mass is 79.9. The van der Waals surface area contributed by atoms with Gasteiger partial charge in [0.2, 0.25) is 0 Å². The summed E-state index contributed by atoms with van der Waals surface area (Å²) in [5.74, 6) is -0.716. The normalized spacial score (nSPS) is 15.5. The zero-order valence-corrected chi connectivity index (χ0v) is 17.9. The third-order valence-electron chi connectivity index (χ3n) is 4.07. The molecule has 1 heterocycles. The molecular formula is C20H16BrFN2O4S. The smallest absolute Gasteiger partial charge is 0.270 e. The van der Waals surface area contributed by atoms with E-state index in [9.17, 15) is 14.0 Å². The molecule has 0 unspecified atom stereocenters. The molecule has 0 atom stereocenters. The largest absolute Gasteiger partial charge is 0.493 e. The van der Waals surface area contributed by atoms with E-state index in [4.69, 9.17) is 21.7 Å². The van der Waals surface area contributed by atoms with E-state index in [0.717, 1.165) is 4.90 Å². The molecule has 1 aliphatic rings. The number of nitrogens with zero attached hydrogens (tertiary/aromatic N) is 1. The molecule has 0 aliphatic carbocycles. The molecule has 0 bridgehead atoms. The summed E-state index contributed by atoms with van der Waals surface area (Å²) in [6.45, 7) is 2.30. The van der Waals surface area contributed by atoms with Crippen LogP contribution in [0.4, 0.5) is 10.1 Å². The average molecular weight is 479 g/mol. The lowest BCUT2D eigenvalue weighted by atomic mass is 10.1. The number of carbonyl (C=O) groups excluding carboxylic acids is 2. The number of nitrogens with one attached hydrogen (secondary N) is 1. The van der Waals surface area contributed by atoms with Crippen LogP contribution >= 0.6 is 28.1 Å². The molecule has 1 aliphatic heterocycles. The van der Waals surface area contributed by atoms with Gasteiger partial charge < -0.3 is 9.47 Å². The highest BCUT2D eigenvalue weighted by Crippen LogP contribution is 2.35. The summed E-state index contributed by atoms with van der Waals surface area (Å²) in [4.78, 5) is 26.6. The molecule has 0 spiro atoms. The second kappa shape index (κ2) is 8.71. The summed E-state index contributed by atoms with van der Waals surface area (Å²) in [5, 5.41) is 2.41. The van der Waals surface area contributed by atoms with Gasteiger partial charge in [0.05, 0.1) is 19.4 Å². The Bertz CT molecular complexity index is 1020. The number of halogens is 2. The maximum absolute atomic E-state index is 13.2. The van der Waals surface area contributed by atoms with Crippen LogP contribution in [0.3, 0.4) is 0 Å². The molecule has 1 N–H and O–H groups in total. The van der Waals surface area contributed by atoms with Crippen molar-refractivity contribution in [2.24, 2.45) is 0 Å². The molecule has 150 valence electrons. The van der Waals surface area contributed by atoms with Crippen molar-refractivity contribution in [3.63, 3.8) is 0 Å². The van der Waals surface area contributed by atoms with E-state index >= 15 is 0 Å². The van der Waals surface area contributed by atoms with Gasteiger partial charge >= 0.3 is 0 Å². The van der Waals surface area contributed by atoms with E-state index in [-0.39, 0.29) is 10.7 Å². The Morgan fingerprint density at radius 2 is 1.90 bits per heavy atom. The Kier molecular flexibility index (Phi) is 6.29. The number of thiocarbonyl (C=S) groups is 1. The highest BCUT2D eigenvalue weighted by molar-refractivity contribution is 9.10. The van der Waals surface area contributed by atoms with Crippen molar-refractivity contribution >= 4 is 56.8 Å². The van der Waals surface area contributed by atoms with Crippen LogP contribution in [0.1, 0.15) is 12.5 Å². The first-order chi connectivity index (χ1) is 13.8. The summed E-state index contributed by atoms with van der Waals surface area (Å²) in [7, 11) is 1.50. The number of ether oxygens (including phenoxy) is 2. The van der Waals surface area contributed by atoms with Crippen LogP contribution in [0.5, 0.6) is 11.5 Å². The van der Waals surface area contributed by atoms with E-state index in [1.807, 2.05) is 6.92 Å². The molecular weight excluding hydrogens is 463 g/mol. The lowest BCUT2D eigenvalue weighted by Gasteiger charge is -2.29. The number of rotatable bonds is 5. The van der Waals surface area contributed by atoms with Gasteiger partial charge in [-0.05, 0) is 67.2 Å². The van der Waals surface area contributed by atoms with E-state index in [0.29, 0.717) is 33.8 Å². The summed E-state index contributed by atoms with van der Waals surface area (Å²) in [5.41, 5.74) is 0.751. The third-order valence-corrected chi connectivity index (χ3v) is 5.04. The van der Waals surface area contributed by atoms with Gasteiger partial charge in [-0.1, -0.05) is 15.9 Å². The molecule has 2 aromatic carbocycles. The van der Waals surface area contributed by atoms with E-state index in [1.54, 1.807) is 12.1 Å². The fourth-order valence-corrected chi connectivity index (χ4v) is 3.44. The number of carbonyl (C=O) groups is 2. The average Bonchev–Trinajstić information content (AvgIpc) is 2.68. The standard InChI is InChI=1S/C20H16BrFN2O4S/c1-3-28-17-10-15(21)11(9-16(17)27-2)8-14-18(25)23-20(29)24(19(14)26)13-6-4-12(22)5-7-13/h4-10H,3H2,1-2H3,(H,23,25,29)/b14-8-. The van der Waals surface area contributed by atoms with Crippen LogP contribution in [0.25, 0.3) is 6.08 Å². The number of benzene rings is 2. The Morgan fingerprint density at radius 3 is 2.52 bits per heavy atom. The van der Waals surface area contributed by atoms with E-state index < -0.39 is 17.6 Å². The van der Waals surface area contributed by atoms with Gasteiger partial charge in [0, 0.05) is 4.47 Å². The molecule has 2 amide bonds. The van der Waals surface area contributed by atoms with Crippen molar-refractivity contribution in [2.75, 3.05) is 18.6 Å². The summed E-state index contributed by atoms with van der Waals surface area (Å²) in [6, 6.07) is 8.58. The number of anilines is 1. The molecule has 3 rings (SSSR count). The Hall–Kier alpha value is -2.78. The minimum atomic E-state index is -0.627. The Balaban J connectivity index is 2.03. The molecule has 0 radical (unpaired) electrons. The number of hydrogen-bond acceptors (Lipinski definition) is 5. The van der Waals surface area contributed by atoms with Crippen molar-refractivity contribution in [1.29, 1.82) is 0 Å².